The normalized spacial score (nSPS) is 24.4. The maximum atomic E-state index is 13.9. The van der Waals surface area contributed by atoms with E-state index in [0.717, 1.165) is 4.90 Å². The van der Waals surface area contributed by atoms with E-state index in [2.05, 4.69) is 0 Å². The lowest BCUT2D eigenvalue weighted by Crippen LogP contribution is -2.51. The monoisotopic (exact) mass is 525 g/mol. The fourth-order valence-electron chi connectivity index (χ4n) is 5.40. The van der Waals surface area contributed by atoms with Crippen LogP contribution in [0.4, 0.5) is 5.69 Å². The van der Waals surface area contributed by atoms with Crippen molar-refractivity contribution in [3.8, 4) is 0 Å². The highest BCUT2D eigenvalue weighted by Gasteiger charge is 2.74. The van der Waals surface area contributed by atoms with Crippen LogP contribution in [0.1, 0.15) is 32.4 Å². The van der Waals surface area contributed by atoms with Gasteiger partial charge < -0.3 is 4.74 Å². The van der Waals surface area contributed by atoms with Gasteiger partial charge in [-0.05, 0) is 30.3 Å². The number of fused-ring (bicyclic) bond motifs is 3. The zero-order chi connectivity index (χ0) is 24.6. The van der Waals surface area contributed by atoms with Crippen LogP contribution in [0.15, 0.2) is 66.7 Å². The number of anilines is 1. The van der Waals surface area contributed by atoms with E-state index >= 15 is 0 Å². The first-order valence-corrected chi connectivity index (χ1v) is 11.8. The van der Waals surface area contributed by atoms with Gasteiger partial charge in [0.1, 0.15) is 0 Å². The topological polar surface area (TPSA) is 80.8 Å². The molecule has 2 saturated heterocycles. The van der Waals surface area contributed by atoms with Crippen molar-refractivity contribution in [2.45, 2.75) is 11.7 Å². The summed E-state index contributed by atoms with van der Waals surface area (Å²) >= 11 is 18.6. The van der Waals surface area contributed by atoms with E-state index in [-0.39, 0.29) is 21.8 Å². The van der Waals surface area contributed by atoms with Crippen molar-refractivity contribution in [1.29, 1.82) is 0 Å². The average Bonchev–Trinajstić information content (AvgIpc) is 3.39. The molecule has 35 heavy (non-hydrogen) atoms. The van der Waals surface area contributed by atoms with Gasteiger partial charge >= 0.3 is 0 Å². The highest BCUT2D eigenvalue weighted by molar-refractivity contribution is 6.38. The van der Waals surface area contributed by atoms with Crippen LogP contribution >= 0.6 is 34.8 Å². The van der Waals surface area contributed by atoms with E-state index in [0.29, 0.717) is 15.6 Å². The first kappa shape index (κ1) is 22.4. The van der Waals surface area contributed by atoms with Crippen LogP contribution in [0.2, 0.25) is 15.1 Å². The Kier molecular flexibility index (Phi) is 4.96. The van der Waals surface area contributed by atoms with Gasteiger partial charge in [0.2, 0.25) is 29.0 Å². The van der Waals surface area contributed by atoms with Gasteiger partial charge in [0, 0.05) is 31.8 Å². The number of halogens is 3. The first-order chi connectivity index (χ1) is 16.8. The Morgan fingerprint density at radius 1 is 0.743 bits per heavy atom. The van der Waals surface area contributed by atoms with Crippen molar-refractivity contribution >= 4 is 63.9 Å². The summed E-state index contributed by atoms with van der Waals surface area (Å²) in [7, 11) is 0. The predicted molar refractivity (Wildman–Crippen MR) is 129 cm³/mol. The second kappa shape index (κ2) is 7.73. The van der Waals surface area contributed by atoms with Gasteiger partial charge in [-0.25, -0.2) is 4.90 Å². The molecule has 1 spiro atoms. The zero-order valence-corrected chi connectivity index (χ0v) is 20.0. The third kappa shape index (κ3) is 2.94. The summed E-state index contributed by atoms with van der Waals surface area (Å²) in [6.07, 6.45) is -1.13. The van der Waals surface area contributed by atoms with E-state index in [1.807, 2.05) is 0 Å². The Hall–Kier alpha value is -3.03. The highest BCUT2D eigenvalue weighted by Crippen LogP contribution is 2.58. The summed E-state index contributed by atoms with van der Waals surface area (Å²) in [6, 6.07) is 17.2. The van der Waals surface area contributed by atoms with E-state index in [9.17, 15) is 19.2 Å². The highest BCUT2D eigenvalue weighted by atomic mass is 35.5. The number of ketones is 2. The number of ether oxygens (including phenoxy) is 1. The maximum absolute atomic E-state index is 13.9. The Morgan fingerprint density at radius 3 is 2.03 bits per heavy atom. The van der Waals surface area contributed by atoms with Crippen LogP contribution in [0.3, 0.4) is 0 Å². The molecular weight excluding hydrogens is 513 g/mol. The molecule has 6 nitrogen and oxygen atoms in total. The third-order valence-electron chi connectivity index (χ3n) is 6.85. The minimum atomic E-state index is -2.18. The molecule has 2 aliphatic heterocycles. The number of carbonyl (C=O) groups is 4. The molecule has 1 aliphatic carbocycles. The summed E-state index contributed by atoms with van der Waals surface area (Å²) in [4.78, 5) is 56.1. The van der Waals surface area contributed by atoms with Crippen LogP contribution in [-0.4, -0.2) is 29.0 Å². The van der Waals surface area contributed by atoms with Gasteiger partial charge in [0.15, 0.2) is 0 Å². The fourth-order valence-corrected chi connectivity index (χ4v) is 6.10. The van der Waals surface area contributed by atoms with Crippen LogP contribution < -0.4 is 4.90 Å². The smallest absolute Gasteiger partial charge is 0.241 e. The van der Waals surface area contributed by atoms with Crippen LogP contribution in [-0.2, 0) is 14.3 Å². The SMILES string of the molecule is O=C1[C@H]2[C@H](c3ccc(Cl)cc3Cl)OC3(C(=O)c4ccccc4C3=O)[C@H]2C(=O)N1c1cccc(Cl)c1. The van der Waals surface area contributed by atoms with Crippen molar-refractivity contribution in [3.63, 3.8) is 0 Å². The summed E-state index contributed by atoms with van der Waals surface area (Å²) in [5.41, 5.74) is -1.27. The van der Waals surface area contributed by atoms with Gasteiger partial charge in [-0.15, -0.1) is 0 Å². The lowest BCUT2D eigenvalue weighted by atomic mass is 9.77. The summed E-state index contributed by atoms with van der Waals surface area (Å²) in [6.45, 7) is 0. The number of hydrogen-bond donors (Lipinski definition) is 0. The zero-order valence-electron chi connectivity index (χ0n) is 17.7. The maximum Gasteiger partial charge on any atom is 0.241 e. The lowest BCUT2D eigenvalue weighted by Gasteiger charge is -2.27. The number of hydrogen-bond acceptors (Lipinski definition) is 5. The molecule has 0 N–H and O–H groups in total. The third-order valence-corrected chi connectivity index (χ3v) is 7.65. The van der Waals surface area contributed by atoms with Crippen molar-refractivity contribution in [2.75, 3.05) is 4.90 Å². The Morgan fingerprint density at radius 2 is 1.40 bits per heavy atom. The van der Waals surface area contributed by atoms with Crippen LogP contribution in [0.5, 0.6) is 0 Å². The minimum absolute atomic E-state index is 0.153. The van der Waals surface area contributed by atoms with Gasteiger partial charge in [-0.2, -0.15) is 0 Å². The van der Waals surface area contributed by atoms with Crippen molar-refractivity contribution in [1.82, 2.24) is 0 Å². The molecule has 2 fully saturated rings. The molecule has 2 amide bonds. The second-order valence-electron chi connectivity index (χ2n) is 8.64. The molecule has 0 bridgehead atoms. The number of rotatable bonds is 2. The number of nitrogens with zero attached hydrogens (tertiary/aromatic N) is 1. The van der Waals surface area contributed by atoms with Crippen molar-refractivity contribution in [2.24, 2.45) is 11.8 Å². The Balaban J connectivity index is 1.57. The van der Waals surface area contributed by atoms with E-state index in [1.54, 1.807) is 42.5 Å². The molecule has 2 heterocycles. The van der Waals surface area contributed by atoms with Gasteiger partial charge in [0.05, 0.1) is 23.6 Å². The number of benzene rings is 3. The van der Waals surface area contributed by atoms with Crippen LogP contribution in [0, 0.1) is 11.8 Å². The number of carbonyl (C=O) groups excluding carboxylic acids is 4. The molecule has 3 atom stereocenters. The summed E-state index contributed by atoms with van der Waals surface area (Å²) in [5.74, 6) is -5.14. The Labute approximate surface area is 214 Å². The van der Waals surface area contributed by atoms with Crippen molar-refractivity contribution in [3.05, 3.63) is 98.5 Å². The molecule has 3 aromatic rings. The largest absolute Gasteiger partial charge is 0.349 e. The van der Waals surface area contributed by atoms with Gasteiger partial charge in [-0.1, -0.05) is 71.2 Å². The molecule has 9 heteroatoms. The number of Topliss-reactive ketones (excluding diaryl/α,β-unsaturated/α-hetero) is 2. The lowest BCUT2D eigenvalue weighted by molar-refractivity contribution is -0.127. The molecule has 3 aromatic carbocycles. The van der Waals surface area contributed by atoms with E-state index in [4.69, 9.17) is 39.5 Å². The fraction of sp³-hybridized carbons (Fsp3) is 0.154. The molecular formula is C26H14Cl3NO5. The Bertz CT molecular complexity index is 1450. The molecule has 174 valence electrons. The van der Waals surface area contributed by atoms with Crippen molar-refractivity contribution < 1.29 is 23.9 Å². The second-order valence-corrected chi connectivity index (χ2v) is 9.92. The van der Waals surface area contributed by atoms with Gasteiger partial charge in [0.25, 0.3) is 0 Å². The number of imide groups is 1. The van der Waals surface area contributed by atoms with E-state index in [1.165, 1.54) is 24.3 Å². The number of amides is 2. The summed E-state index contributed by atoms with van der Waals surface area (Å²) < 4.78 is 6.22. The van der Waals surface area contributed by atoms with E-state index < -0.39 is 46.9 Å². The minimum Gasteiger partial charge on any atom is -0.349 e. The molecule has 3 aliphatic rings. The molecule has 0 radical (unpaired) electrons. The first-order valence-electron chi connectivity index (χ1n) is 10.7. The average molecular weight is 527 g/mol. The summed E-state index contributed by atoms with van der Waals surface area (Å²) in [5, 5.41) is 0.872. The molecule has 0 unspecified atom stereocenters. The standard InChI is InChI=1S/C26H14Cl3NO5/c27-12-4-3-5-14(10-12)30-24(33)19-20(25(30)34)26(22(31)15-6-1-2-7-16(15)23(26)32)35-21(19)17-9-8-13(28)11-18(17)29/h1-11,19-21H/t19-,20-,21+/m1/s1. The van der Waals surface area contributed by atoms with Gasteiger partial charge in [-0.3, -0.25) is 19.2 Å². The molecule has 0 aromatic heterocycles. The quantitative estimate of drug-likeness (QED) is 0.333. The molecule has 6 rings (SSSR count). The predicted octanol–water partition coefficient (Wildman–Crippen LogP) is 5.34. The van der Waals surface area contributed by atoms with Crippen LogP contribution in [0.25, 0.3) is 0 Å². The molecule has 0 saturated carbocycles.